The molecule has 0 unspecified atom stereocenters. The lowest BCUT2D eigenvalue weighted by Gasteiger charge is -2.25. The fourth-order valence-corrected chi connectivity index (χ4v) is 3.65. The molecule has 1 heterocycles. The van der Waals surface area contributed by atoms with Gasteiger partial charge in [-0.2, -0.15) is 0 Å². The van der Waals surface area contributed by atoms with Crippen molar-refractivity contribution in [3.05, 3.63) is 29.3 Å². The van der Waals surface area contributed by atoms with Crippen molar-refractivity contribution in [1.82, 2.24) is 0 Å². The Kier molecular flexibility index (Phi) is 3.43. The quantitative estimate of drug-likeness (QED) is 0.879. The molecular weight excluding hydrogens is 234 g/mol. The summed E-state index contributed by atoms with van der Waals surface area (Å²) in [6, 6.07) is 6.47. The van der Waals surface area contributed by atoms with Gasteiger partial charge in [-0.25, -0.2) is 8.42 Å². The monoisotopic (exact) mass is 253 g/mol. The lowest BCUT2D eigenvalue weighted by molar-refractivity contribution is 0.559. The van der Waals surface area contributed by atoms with Gasteiger partial charge in [0, 0.05) is 11.7 Å². The summed E-state index contributed by atoms with van der Waals surface area (Å²) < 4.78 is 22.7. The van der Waals surface area contributed by atoms with E-state index in [2.05, 4.69) is 31.3 Å². The van der Waals surface area contributed by atoms with Crippen molar-refractivity contribution in [1.29, 1.82) is 0 Å². The van der Waals surface area contributed by atoms with E-state index in [1.807, 2.05) is 6.07 Å². The van der Waals surface area contributed by atoms with Gasteiger partial charge >= 0.3 is 0 Å². The van der Waals surface area contributed by atoms with E-state index < -0.39 is 9.84 Å². The van der Waals surface area contributed by atoms with Crippen LogP contribution in [-0.2, 0) is 9.84 Å². The molecule has 0 radical (unpaired) electrons. The molecule has 1 aromatic carbocycles. The topological polar surface area (TPSA) is 46.2 Å². The van der Waals surface area contributed by atoms with Crippen molar-refractivity contribution in [2.24, 2.45) is 0 Å². The van der Waals surface area contributed by atoms with Crippen molar-refractivity contribution < 1.29 is 8.42 Å². The minimum Gasteiger partial charge on any atom is -0.382 e. The van der Waals surface area contributed by atoms with E-state index >= 15 is 0 Å². The van der Waals surface area contributed by atoms with Crippen LogP contribution >= 0.6 is 0 Å². The molecule has 3 nitrogen and oxygen atoms in total. The van der Waals surface area contributed by atoms with Gasteiger partial charge in [0.1, 0.15) is 9.84 Å². The van der Waals surface area contributed by atoms with E-state index in [1.165, 1.54) is 11.1 Å². The third-order valence-electron chi connectivity index (χ3n) is 3.52. The van der Waals surface area contributed by atoms with E-state index in [1.54, 1.807) is 0 Å². The summed E-state index contributed by atoms with van der Waals surface area (Å²) >= 11 is 0. The summed E-state index contributed by atoms with van der Waals surface area (Å²) in [6.45, 7) is 4.18. The third kappa shape index (κ3) is 3.00. The Morgan fingerprint density at radius 1 is 1.18 bits per heavy atom. The minimum atomic E-state index is -2.77. The lowest BCUT2D eigenvalue weighted by atomic mass is 10.1. The molecule has 1 aliphatic rings. The second kappa shape index (κ2) is 4.69. The largest absolute Gasteiger partial charge is 0.382 e. The standard InChI is InChI=1S/C13H19NO2S/c1-10-4-3-5-13(11(10)2)14-12-6-8-17(15,16)9-7-12/h3-5,12,14H,6-9H2,1-2H3. The first kappa shape index (κ1) is 12.4. The number of nitrogens with one attached hydrogen (secondary N) is 1. The van der Waals surface area contributed by atoms with Gasteiger partial charge in [0.25, 0.3) is 0 Å². The molecule has 4 heteroatoms. The zero-order chi connectivity index (χ0) is 12.5. The van der Waals surface area contributed by atoms with Crippen molar-refractivity contribution in [3.8, 4) is 0 Å². The van der Waals surface area contributed by atoms with Crippen molar-refractivity contribution in [3.63, 3.8) is 0 Å². The molecule has 0 saturated carbocycles. The molecule has 1 fully saturated rings. The van der Waals surface area contributed by atoms with Crippen LogP contribution < -0.4 is 5.32 Å². The predicted octanol–water partition coefficient (Wildman–Crippen LogP) is 2.29. The lowest BCUT2D eigenvalue weighted by Crippen LogP contribution is -2.32. The number of anilines is 1. The number of benzene rings is 1. The molecule has 94 valence electrons. The van der Waals surface area contributed by atoms with E-state index in [4.69, 9.17) is 0 Å². The van der Waals surface area contributed by atoms with Crippen LogP contribution in [0.25, 0.3) is 0 Å². The fourth-order valence-electron chi connectivity index (χ4n) is 2.16. The number of aryl methyl sites for hydroxylation is 1. The zero-order valence-corrected chi connectivity index (χ0v) is 11.2. The van der Waals surface area contributed by atoms with Gasteiger partial charge in [0.15, 0.2) is 0 Å². The number of hydrogen-bond donors (Lipinski definition) is 1. The van der Waals surface area contributed by atoms with Gasteiger partial charge in [-0.1, -0.05) is 12.1 Å². The van der Waals surface area contributed by atoms with E-state index in [0.29, 0.717) is 17.5 Å². The van der Waals surface area contributed by atoms with Gasteiger partial charge in [-0.15, -0.1) is 0 Å². The third-order valence-corrected chi connectivity index (χ3v) is 5.23. The molecule has 1 N–H and O–H groups in total. The first-order valence-electron chi connectivity index (χ1n) is 6.01. The van der Waals surface area contributed by atoms with E-state index in [-0.39, 0.29) is 0 Å². The molecule has 0 amide bonds. The maximum absolute atomic E-state index is 11.3. The maximum Gasteiger partial charge on any atom is 0.150 e. The number of hydrogen-bond acceptors (Lipinski definition) is 3. The molecule has 2 rings (SSSR count). The molecule has 1 aliphatic heterocycles. The Labute approximate surface area is 103 Å². The highest BCUT2D eigenvalue weighted by Crippen LogP contribution is 2.22. The molecule has 1 saturated heterocycles. The molecule has 0 aromatic heterocycles. The van der Waals surface area contributed by atoms with Crippen molar-refractivity contribution >= 4 is 15.5 Å². The van der Waals surface area contributed by atoms with Gasteiger partial charge in [0.05, 0.1) is 11.5 Å². The first-order valence-corrected chi connectivity index (χ1v) is 7.83. The summed E-state index contributed by atoms with van der Waals surface area (Å²) in [6.07, 6.45) is 1.44. The Morgan fingerprint density at radius 2 is 1.82 bits per heavy atom. The Balaban J connectivity index is 2.05. The Hall–Kier alpha value is -1.03. The highest BCUT2D eigenvalue weighted by Gasteiger charge is 2.23. The SMILES string of the molecule is Cc1cccc(NC2CCS(=O)(=O)CC2)c1C. The summed E-state index contributed by atoms with van der Waals surface area (Å²) in [4.78, 5) is 0. The van der Waals surface area contributed by atoms with Crippen LogP contribution in [0.15, 0.2) is 18.2 Å². The predicted molar refractivity (Wildman–Crippen MR) is 71.2 cm³/mol. The average Bonchev–Trinajstić information content (AvgIpc) is 2.27. The molecule has 0 spiro atoms. The van der Waals surface area contributed by atoms with E-state index in [0.717, 1.165) is 18.5 Å². The molecule has 17 heavy (non-hydrogen) atoms. The van der Waals surface area contributed by atoms with Crippen LogP contribution in [0.1, 0.15) is 24.0 Å². The van der Waals surface area contributed by atoms with Crippen LogP contribution in [0, 0.1) is 13.8 Å². The summed E-state index contributed by atoms with van der Waals surface area (Å²) in [5.74, 6) is 0.630. The number of rotatable bonds is 2. The zero-order valence-electron chi connectivity index (χ0n) is 10.4. The Morgan fingerprint density at radius 3 is 2.47 bits per heavy atom. The summed E-state index contributed by atoms with van der Waals surface area (Å²) in [5.41, 5.74) is 3.65. The number of sulfone groups is 1. The molecule has 1 aromatic rings. The van der Waals surface area contributed by atoms with Crippen LogP contribution in [-0.4, -0.2) is 26.0 Å². The molecule has 0 atom stereocenters. The van der Waals surface area contributed by atoms with E-state index in [9.17, 15) is 8.42 Å². The van der Waals surface area contributed by atoms with Gasteiger partial charge < -0.3 is 5.32 Å². The van der Waals surface area contributed by atoms with Gasteiger partial charge in [-0.05, 0) is 43.9 Å². The molecular formula is C13H19NO2S. The van der Waals surface area contributed by atoms with Crippen LogP contribution in [0.2, 0.25) is 0 Å². The van der Waals surface area contributed by atoms with Crippen LogP contribution in [0.4, 0.5) is 5.69 Å². The maximum atomic E-state index is 11.3. The van der Waals surface area contributed by atoms with Gasteiger partial charge in [-0.3, -0.25) is 0 Å². The smallest absolute Gasteiger partial charge is 0.150 e. The first-order chi connectivity index (χ1) is 7.98. The Bertz CT molecular complexity index is 494. The van der Waals surface area contributed by atoms with Gasteiger partial charge in [0.2, 0.25) is 0 Å². The van der Waals surface area contributed by atoms with Crippen molar-refractivity contribution in [2.45, 2.75) is 32.7 Å². The summed E-state index contributed by atoms with van der Waals surface area (Å²) in [7, 11) is -2.77. The van der Waals surface area contributed by atoms with Crippen LogP contribution in [0.3, 0.4) is 0 Å². The van der Waals surface area contributed by atoms with Crippen LogP contribution in [0.5, 0.6) is 0 Å². The molecule has 0 aliphatic carbocycles. The average molecular weight is 253 g/mol. The normalized spacial score (nSPS) is 20.1. The van der Waals surface area contributed by atoms with Crippen molar-refractivity contribution in [2.75, 3.05) is 16.8 Å². The second-order valence-electron chi connectivity index (χ2n) is 4.82. The molecule has 0 bridgehead atoms. The summed E-state index contributed by atoms with van der Waals surface area (Å²) in [5, 5.41) is 3.46. The second-order valence-corrected chi connectivity index (χ2v) is 7.12. The highest BCUT2D eigenvalue weighted by molar-refractivity contribution is 7.91. The fraction of sp³-hybridized carbons (Fsp3) is 0.538. The minimum absolute atomic E-state index is 0.291. The highest BCUT2D eigenvalue weighted by atomic mass is 32.2.